The van der Waals surface area contributed by atoms with E-state index in [0.717, 1.165) is 49.1 Å². The minimum atomic E-state index is -4.63. The van der Waals surface area contributed by atoms with Crippen LogP contribution >= 0.6 is 0 Å². The molecule has 2 heterocycles. The van der Waals surface area contributed by atoms with Gasteiger partial charge in [-0.2, -0.15) is 22.0 Å². The van der Waals surface area contributed by atoms with Gasteiger partial charge in [0, 0.05) is 6.07 Å². The van der Waals surface area contributed by atoms with Gasteiger partial charge in [-0.15, -0.1) is 0 Å². The van der Waals surface area contributed by atoms with Crippen LogP contribution in [0.4, 0.5) is 30.7 Å². The second-order valence-corrected chi connectivity index (χ2v) is 6.86. The van der Waals surface area contributed by atoms with Crippen molar-refractivity contribution in [1.82, 2.24) is 15.4 Å². The second kappa shape index (κ2) is 10.0. The molecule has 1 unspecified atom stereocenters. The minimum Gasteiger partial charge on any atom is -0.454 e. The van der Waals surface area contributed by atoms with Gasteiger partial charge in [-0.3, -0.25) is 9.98 Å². The molecule has 0 saturated heterocycles. The van der Waals surface area contributed by atoms with Gasteiger partial charge in [-0.25, -0.2) is 19.6 Å². The van der Waals surface area contributed by atoms with Gasteiger partial charge >= 0.3 is 6.18 Å². The number of aliphatic imine (C=N–C) groups is 1. The summed E-state index contributed by atoms with van der Waals surface area (Å²) < 4.78 is 101. The molecular weight excluding hydrogens is 471 g/mol. The van der Waals surface area contributed by atoms with Crippen LogP contribution in [0.5, 0.6) is 11.5 Å². The van der Waals surface area contributed by atoms with Crippen LogP contribution in [0.25, 0.3) is 0 Å². The summed E-state index contributed by atoms with van der Waals surface area (Å²) in [7, 11) is 0. The van der Waals surface area contributed by atoms with Crippen LogP contribution in [-0.4, -0.2) is 22.9 Å². The lowest BCUT2D eigenvalue weighted by Crippen LogP contribution is -2.29. The largest absolute Gasteiger partial charge is 0.454 e. The van der Waals surface area contributed by atoms with E-state index < -0.39 is 53.1 Å². The quantitative estimate of drug-likeness (QED) is 0.155. The SMILES string of the molecule is NNC=NCC(c1ccc(F)cc1F)C(F)(F)c1ccc(Oc2ccc(C(F)(F)F)nc2)cn1. The molecule has 0 aliphatic carbocycles. The van der Waals surface area contributed by atoms with Crippen molar-refractivity contribution >= 4 is 6.34 Å². The van der Waals surface area contributed by atoms with E-state index in [9.17, 15) is 22.0 Å². The first-order chi connectivity index (χ1) is 16.0. The molecule has 0 fully saturated rings. The first kappa shape index (κ1) is 24.9. The van der Waals surface area contributed by atoms with Crippen LogP contribution in [-0.2, 0) is 12.1 Å². The lowest BCUT2D eigenvalue weighted by molar-refractivity contribution is -0.141. The smallest absolute Gasteiger partial charge is 0.433 e. The van der Waals surface area contributed by atoms with Crippen molar-refractivity contribution in [2.45, 2.75) is 18.0 Å². The van der Waals surface area contributed by atoms with Crippen molar-refractivity contribution in [2.24, 2.45) is 10.8 Å². The summed E-state index contributed by atoms with van der Waals surface area (Å²) in [6.07, 6.45) is -1.95. The predicted octanol–water partition coefficient (Wildman–Crippen LogP) is 4.93. The summed E-state index contributed by atoms with van der Waals surface area (Å²) in [5, 5.41) is 0. The average molecular weight is 487 g/mol. The highest BCUT2D eigenvalue weighted by molar-refractivity contribution is 5.53. The molecule has 3 rings (SSSR count). The number of hydrogen-bond acceptors (Lipinski definition) is 5. The lowest BCUT2D eigenvalue weighted by Gasteiger charge is -2.26. The van der Waals surface area contributed by atoms with Crippen LogP contribution in [0.2, 0.25) is 0 Å². The third kappa shape index (κ3) is 5.78. The maximum atomic E-state index is 15.3. The van der Waals surface area contributed by atoms with E-state index in [1.807, 2.05) is 5.43 Å². The fourth-order valence-corrected chi connectivity index (χ4v) is 2.96. The number of pyridine rings is 2. The van der Waals surface area contributed by atoms with Crippen molar-refractivity contribution in [3.8, 4) is 11.5 Å². The first-order valence-corrected chi connectivity index (χ1v) is 9.47. The van der Waals surface area contributed by atoms with Gasteiger partial charge in [0.15, 0.2) is 0 Å². The average Bonchev–Trinajstić information content (AvgIpc) is 2.77. The monoisotopic (exact) mass is 487 g/mol. The number of nitrogens with two attached hydrogens (primary N) is 1. The molecule has 1 aromatic carbocycles. The highest BCUT2D eigenvalue weighted by Crippen LogP contribution is 2.43. The van der Waals surface area contributed by atoms with E-state index in [1.54, 1.807) is 0 Å². The molecule has 34 heavy (non-hydrogen) atoms. The summed E-state index contributed by atoms with van der Waals surface area (Å²) in [6, 6.07) is 5.94. The molecule has 0 aliphatic rings. The van der Waals surface area contributed by atoms with E-state index in [4.69, 9.17) is 10.6 Å². The molecule has 0 amide bonds. The Labute approximate surface area is 188 Å². The number of rotatable bonds is 8. The van der Waals surface area contributed by atoms with E-state index in [-0.39, 0.29) is 11.5 Å². The number of aromatic nitrogens is 2. The Morgan fingerprint density at radius 1 is 0.941 bits per heavy atom. The van der Waals surface area contributed by atoms with E-state index in [0.29, 0.717) is 12.1 Å². The van der Waals surface area contributed by atoms with Gasteiger partial charge < -0.3 is 10.2 Å². The summed E-state index contributed by atoms with van der Waals surface area (Å²) in [6.45, 7) is -0.614. The van der Waals surface area contributed by atoms with E-state index in [2.05, 4.69) is 15.0 Å². The van der Waals surface area contributed by atoms with Gasteiger partial charge in [-0.05, 0) is 35.9 Å². The zero-order valence-corrected chi connectivity index (χ0v) is 17.0. The van der Waals surface area contributed by atoms with Crippen LogP contribution in [0.15, 0.2) is 59.9 Å². The zero-order valence-electron chi connectivity index (χ0n) is 17.0. The van der Waals surface area contributed by atoms with Crippen LogP contribution in [0.3, 0.4) is 0 Å². The molecule has 180 valence electrons. The Morgan fingerprint density at radius 2 is 1.56 bits per heavy atom. The number of nitrogens with zero attached hydrogens (tertiary/aromatic N) is 3. The van der Waals surface area contributed by atoms with Gasteiger partial charge in [0.25, 0.3) is 5.92 Å². The van der Waals surface area contributed by atoms with E-state index >= 15 is 8.78 Å². The predicted molar refractivity (Wildman–Crippen MR) is 107 cm³/mol. The Hall–Kier alpha value is -3.74. The molecule has 1 atom stereocenters. The van der Waals surface area contributed by atoms with Crippen molar-refractivity contribution < 1.29 is 35.5 Å². The lowest BCUT2D eigenvalue weighted by atomic mass is 9.89. The fourth-order valence-electron chi connectivity index (χ4n) is 2.96. The van der Waals surface area contributed by atoms with Crippen molar-refractivity contribution in [3.05, 3.63) is 83.4 Å². The number of hydrogen-bond donors (Lipinski definition) is 2. The number of ether oxygens (including phenoxy) is 1. The van der Waals surface area contributed by atoms with Gasteiger partial charge in [-0.1, -0.05) is 6.07 Å². The van der Waals surface area contributed by atoms with E-state index in [1.165, 1.54) is 0 Å². The van der Waals surface area contributed by atoms with Crippen LogP contribution in [0.1, 0.15) is 22.9 Å². The first-order valence-electron chi connectivity index (χ1n) is 9.47. The fraction of sp³-hybridized carbons (Fsp3) is 0.190. The highest BCUT2D eigenvalue weighted by Gasteiger charge is 2.44. The number of nitrogens with one attached hydrogen (secondary N) is 1. The standard InChI is InChI=1S/C21H16F7N5O/c22-12-1-4-15(17(23)7-12)16(10-30-11-33-29)20(24,25)18-5-2-13(8-31-18)34-14-3-6-19(32-9-14)21(26,27)28/h1-9,11,16H,10,29H2,(H,30,33). The Morgan fingerprint density at radius 3 is 2.06 bits per heavy atom. The molecule has 0 saturated carbocycles. The molecule has 2 aromatic heterocycles. The topological polar surface area (TPSA) is 85.4 Å². The summed E-state index contributed by atoms with van der Waals surface area (Å²) in [4.78, 5) is 10.6. The third-order valence-electron chi connectivity index (χ3n) is 4.57. The Kier molecular flexibility index (Phi) is 7.35. The van der Waals surface area contributed by atoms with Crippen LogP contribution < -0.4 is 16.0 Å². The Balaban J connectivity index is 1.85. The number of halogens is 7. The normalized spacial score (nSPS) is 13.2. The molecule has 0 radical (unpaired) electrons. The molecule has 0 bridgehead atoms. The van der Waals surface area contributed by atoms with Crippen molar-refractivity contribution in [3.63, 3.8) is 0 Å². The molecule has 0 spiro atoms. The number of alkyl halides is 5. The van der Waals surface area contributed by atoms with Gasteiger partial charge in [0.2, 0.25) is 0 Å². The molecule has 0 aliphatic heterocycles. The zero-order chi connectivity index (χ0) is 24.9. The summed E-state index contributed by atoms with van der Waals surface area (Å²) >= 11 is 0. The maximum Gasteiger partial charge on any atom is 0.433 e. The van der Waals surface area contributed by atoms with Crippen molar-refractivity contribution in [1.29, 1.82) is 0 Å². The van der Waals surface area contributed by atoms with Gasteiger partial charge in [0.1, 0.15) is 34.5 Å². The minimum absolute atomic E-state index is 0.0593. The second-order valence-electron chi connectivity index (χ2n) is 6.86. The summed E-state index contributed by atoms with van der Waals surface area (Å²) in [5.74, 6) is -2.85. The van der Waals surface area contributed by atoms with Gasteiger partial charge in [0.05, 0.1) is 31.2 Å². The highest BCUT2D eigenvalue weighted by atomic mass is 19.4. The number of benzene rings is 1. The molecule has 13 heteroatoms. The third-order valence-corrected chi connectivity index (χ3v) is 4.57. The molecular formula is C21H16F7N5O. The molecule has 3 aromatic rings. The van der Waals surface area contributed by atoms with Crippen LogP contribution in [0, 0.1) is 11.6 Å². The molecule has 6 nitrogen and oxygen atoms in total. The van der Waals surface area contributed by atoms with Crippen molar-refractivity contribution in [2.75, 3.05) is 6.54 Å². The number of hydrazine groups is 1. The maximum absolute atomic E-state index is 15.3. The Bertz CT molecular complexity index is 1140. The summed E-state index contributed by atoms with van der Waals surface area (Å²) in [5.41, 5.74) is -0.340. The molecule has 3 N–H and O–H groups in total.